The molecule has 2 nitrogen and oxygen atoms in total. The third-order valence-corrected chi connectivity index (χ3v) is 6.97. The van der Waals surface area contributed by atoms with Crippen molar-refractivity contribution in [1.82, 2.24) is 0 Å². The van der Waals surface area contributed by atoms with E-state index in [4.69, 9.17) is 8.85 Å². The largest absolute Gasteiger partial charge is 0.397 e. The smallest absolute Gasteiger partial charge is 0.359 e. The van der Waals surface area contributed by atoms with Crippen molar-refractivity contribution in [2.45, 2.75) is 11.1 Å². The molecule has 0 aromatic carbocycles. The second-order valence-electron chi connectivity index (χ2n) is 3.72. The SMILES string of the molecule is CO[Si](OC)(C1C=CC=C1)C1C=CC=C1. The van der Waals surface area contributed by atoms with E-state index < -0.39 is 8.56 Å². The van der Waals surface area contributed by atoms with E-state index in [2.05, 4.69) is 48.6 Å². The highest BCUT2D eigenvalue weighted by atomic mass is 28.4. The van der Waals surface area contributed by atoms with Crippen molar-refractivity contribution in [3.63, 3.8) is 0 Å². The van der Waals surface area contributed by atoms with Gasteiger partial charge in [0.25, 0.3) is 0 Å². The first-order valence-corrected chi connectivity index (χ1v) is 7.11. The maximum absolute atomic E-state index is 5.77. The minimum Gasteiger partial charge on any atom is -0.397 e. The van der Waals surface area contributed by atoms with Crippen molar-refractivity contribution in [2.75, 3.05) is 14.2 Å². The maximum atomic E-state index is 5.77. The first-order valence-electron chi connectivity index (χ1n) is 5.14. The number of hydrogen-bond acceptors (Lipinski definition) is 2. The zero-order valence-electron chi connectivity index (χ0n) is 9.09. The van der Waals surface area contributed by atoms with Gasteiger partial charge in [0.15, 0.2) is 0 Å². The summed E-state index contributed by atoms with van der Waals surface area (Å²) in [5.74, 6) is 0. The molecule has 3 heteroatoms. The Morgan fingerprint density at radius 2 is 1.07 bits per heavy atom. The topological polar surface area (TPSA) is 18.5 Å². The van der Waals surface area contributed by atoms with Crippen molar-refractivity contribution in [3.8, 4) is 0 Å². The molecule has 2 aliphatic carbocycles. The molecule has 0 saturated carbocycles. The minimum absolute atomic E-state index is 0.310. The molecular weight excluding hydrogens is 204 g/mol. The zero-order chi connectivity index (χ0) is 10.7. The summed E-state index contributed by atoms with van der Waals surface area (Å²) in [5, 5.41) is 0. The molecule has 0 saturated heterocycles. The van der Waals surface area contributed by atoms with Gasteiger partial charge < -0.3 is 8.85 Å². The van der Waals surface area contributed by atoms with Crippen LogP contribution in [0.1, 0.15) is 0 Å². The normalized spacial score (nSPS) is 20.9. The Morgan fingerprint density at radius 1 is 0.733 bits per heavy atom. The number of hydrogen-bond donors (Lipinski definition) is 0. The molecule has 0 aromatic rings. The first-order chi connectivity index (χ1) is 7.33. The molecule has 0 fully saturated rings. The second kappa shape index (κ2) is 4.31. The maximum Gasteiger partial charge on any atom is 0.359 e. The summed E-state index contributed by atoms with van der Waals surface area (Å²) in [6.45, 7) is 0. The van der Waals surface area contributed by atoms with E-state index in [1.54, 1.807) is 14.2 Å². The molecule has 2 rings (SSSR count). The average Bonchev–Trinajstić information content (AvgIpc) is 2.92. The Balaban J connectivity index is 2.29. The van der Waals surface area contributed by atoms with Gasteiger partial charge in [0.05, 0.1) is 0 Å². The van der Waals surface area contributed by atoms with Gasteiger partial charge in [-0.25, -0.2) is 0 Å². The van der Waals surface area contributed by atoms with Gasteiger partial charge in [-0.1, -0.05) is 48.6 Å². The van der Waals surface area contributed by atoms with Crippen LogP contribution in [-0.4, -0.2) is 22.8 Å². The highest BCUT2D eigenvalue weighted by molar-refractivity contribution is 6.72. The summed E-state index contributed by atoms with van der Waals surface area (Å²) in [4.78, 5) is 0. The Bertz CT molecular complexity index is 284. The summed E-state index contributed by atoms with van der Waals surface area (Å²) in [5.41, 5.74) is 0.620. The van der Waals surface area contributed by atoms with Gasteiger partial charge in [-0.3, -0.25) is 0 Å². The molecule has 0 radical (unpaired) electrons. The van der Waals surface area contributed by atoms with E-state index >= 15 is 0 Å². The molecule has 0 aliphatic heterocycles. The molecule has 80 valence electrons. The summed E-state index contributed by atoms with van der Waals surface area (Å²) in [6.07, 6.45) is 16.9. The van der Waals surface area contributed by atoms with Crippen molar-refractivity contribution in [1.29, 1.82) is 0 Å². The average molecular weight is 220 g/mol. The lowest BCUT2D eigenvalue weighted by atomic mass is 10.4. The molecule has 0 N–H and O–H groups in total. The van der Waals surface area contributed by atoms with Crippen LogP contribution in [0.5, 0.6) is 0 Å². The van der Waals surface area contributed by atoms with E-state index in [1.807, 2.05) is 0 Å². The van der Waals surface area contributed by atoms with Crippen LogP contribution in [0, 0.1) is 0 Å². The highest BCUT2D eigenvalue weighted by Crippen LogP contribution is 2.41. The van der Waals surface area contributed by atoms with Gasteiger partial charge >= 0.3 is 8.56 Å². The van der Waals surface area contributed by atoms with Crippen LogP contribution in [0.15, 0.2) is 48.6 Å². The second-order valence-corrected chi connectivity index (χ2v) is 7.31. The van der Waals surface area contributed by atoms with Crippen LogP contribution in [-0.2, 0) is 8.85 Å². The third kappa shape index (κ3) is 1.67. The van der Waals surface area contributed by atoms with Crippen LogP contribution in [0.4, 0.5) is 0 Å². The third-order valence-electron chi connectivity index (χ3n) is 3.06. The summed E-state index contributed by atoms with van der Waals surface area (Å²) < 4.78 is 11.5. The number of allylic oxidation sites excluding steroid dienone is 8. The van der Waals surface area contributed by atoms with E-state index in [0.29, 0.717) is 11.1 Å². The van der Waals surface area contributed by atoms with Gasteiger partial charge in [0.1, 0.15) is 0 Å². The van der Waals surface area contributed by atoms with Crippen LogP contribution in [0.2, 0.25) is 11.1 Å². The molecule has 0 unspecified atom stereocenters. The van der Waals surface area contributed by atoms with Gasteiger partial charge in [0.2, 0.25) is 0 Å². The summed E-state index contributed by atoms with van der Waals surface area (Å²) in [7, 11) is 1.29. The van der Waals surface area contributed by atoms with Gasteiger partial charge in [-0.05, 0) is 0 Å². The zero-order valence-corrected chi connectivity index (χ0v) is 10.1. The molecular formula is C12H16O2Si. The fraction of sp³-hybridized carbons (Fsp3) is 0.333. The van der Waals surface area contributed by atoms with Gasteiger partial charge in [-0.15, -0.1) is 0 Å². The molecule has 0 spiro atoms. The standard InChI is InChI=1S/C12H16O2Si/c1-13-15(14-2,11-7-3-4-8-11)12-9-5-6-10-12/h3-12H,1-2H3. The van der Waals surface area contributed by atoms with Crippen LogP contribution in [0.25, 0.3) is 0 Å². The van der Waals surface area contributed by atoms with Gasteiger partial charge in [-0.2, -0.15) is 0 Å². The Morgan fingerprint density at radius 3 is 1.33 bits per heavy atom. The molecule has 0 atom stereocenters. The Hall–Kier alpha value is -0.903. The van der Waals surface area contributed by atoms with Crippen molar-refractivity contribution >= 4 is 8.56 Å². The van der Waals surface area contributed by atoms with Gasteiger partial charge in [0, 0.05) is 25.3 Å². The Kier molecular flexibility index (Phi) is 3.05. The molecule has 15 heavy (non-hydrogen) atoms. The molecule has 0 heterocycles. The quantitative estimate of drug-likeness (QED) is 0.678. The van der Waals surface area contributed by atoms with Crippen LogP contribution >= 0.6 is 0 Å². The summed E-state index contributed by atoms with van der Waals surface area (Å²) in [6, 6.07) is 0. The lowest BCUT2D eigenvalue weighted by molar-refractivity contribution is 0.236. The van der Waals surface area contributed by atoms with Crippen molar-refractivity contribution in [2.24, 2.45) is 0 Å². The fourth-order valence-electron chi connectivity index (χ4n) is 2.25. The van der Waals surface area contributed by atoms with E-state index in [1.165, 1.54) is 0 Å². The van der Waals surface area contributed by atoms with Crippen molar-refractivity contribution in [3.05, 3.63) is 48.6 Å². The summed E-state index contributed by atoms with van der Waals surface area (Å²) >= 11 is 0. The number of rotatable bonds is 4. The first kappa shape index (κ1) is 10.6. The minimum atomic E-state index is -2.22. The fourth-order valence-corrected chi connectivity index (χ4v) is 5.47. The van der Waals surface area contributed by atoms with E-state index in [-0.39, 0.29) is 0 Å². The van der Waals surface area contributed by atoms with Crippen LogP contribution < -0.4 is 0 Å². The van der Waals surface area contributed by atoms with Crippen LogP contribution in [0.3, 0.4) is 0 Å². The van der Waals surface area contributed by atoms with E-state index in [0.717, 1.165) is 0 Å². The molecule has 2 aliphatic rings. The molecule has 0 aromatic heterocycles. The Labute approximate surface area is 91.8 Å². The monoisotopic (exact) mass is 220 g/mol. The molecule has 0 amide bonds. The lowest BCUT2D eigenvalue weighted by Crippen LogP contribution is -2.47. The predicted molar refractivity (Wildman–Crippen MR) is 63.8 cm³/mol. The highest BCUT2D eigenvalue weighted by Gasteiger charge is 2.48. The predicted octanol–water partition coefficient (Wildman–Crippen LogP) is 2.71. The molecule has 0 bridgehead atoms. The van der Waals surface area contributed by atoms with Crippen molar-refractivity contribution < 1.29 is 8.85 Å². The van der Waals surface area contributed by atoms with E-state index in [9.17, 15) is 0 Å². The lowest BCUT2D eigenvalue weighted by Gasteiger charge is -2.34.